The highest BCUT2D eigenvalue weighted by atomic mass is 32.2. The number of rotatable bonds is 16. The van der Waals surface area contributed by atoms with Crippen molar-refractivity contribution in [1.29, 1.82) is 0 Å². The van der Waals surface area contributed by atoms with Crippen molar-refractivity contribution < 1.29 is 29.1 Å². The van der Waals surface area contributed by atoms with Gasteiger partial charge in [-0.15, -0.1) is 0 Å². The van der Waals surface area contributed by atoms with E-state index in [1.807, 2.05) is 6.26 Å². The Hall–Kier alpha value is -2.38. The summed E-state index contributed by atoms with van der Waals surface area (Å²) in [5, 5.41) is 16.4. The zero-order valence-electron chi connectivity index (χ0n) is 17.9. The van der Waals surface area contributed by atoms with E-state index >= 15 is 0 Å². The predicted molar refractivity (Wildman–Crippen MR) is 117 cm³/mol. The fourth-order valence-electron chi connectivity index (χ4n) is 2.49. The number of hydrogen-bond acceptors (Lipinski definition) is 8. The smallest absolute Gasteiger partial charge is 0.326 e. The molecule has 0 bridgehead atoms. The Bertz CT molecular complexity index is 635. The molecule has 0 heterocycles. The summed E-state index contributed by atoms with van der Waals surface area (Å²) in [6.07, 6.45) is 3.00. The minimum Gasteiger partial charge on any atom is -0.480 e. The number of carboxylic acid groups (broad SMARTS) is 1. The van der Waals surface area contributed by atoms with Crippen LogP contribution in [0.2, 0.25) is 0 Å². The van der Waals surface area contributed by atoms with Crippen molar-refractivity contribution in [2.24, 2.45) is 17.2 Å². The first-order valence-electron chi connectivity index (χ1n) is 9.90. The van der Waals surface area contributed by atoms with Crippen LogP contribution in [-0.2, 0) is 24.0 Å². The molecule has 178 valence electrons. The molecule has 0 rings (SSSR count). The van der Waals surface area contributed by atoms with Gasteiger partial charge in [0.2, 0.25) is 23.6 Å². The number of carboxylic acids is 1. The van der Waals surface area contributed by atoms with Crippen molar-refractivity contribution in [3.63, 3.8) is 0 Å². The third kappa shape index (κ3) is 12.2. The molecule has 0 radical (unpaired) electrons. The molecule has 0 fully saturated rings. The number of primary amides is 1. The molecule has 0 aromatic rings. The standard InChI is InChI=1S/C18H34N6O6S/c1-10(22-16(27)11(20)6-8-31-2)15(26)23-12(5-3-4-7-19)17(28)24-13(18(29)30)9-14(21)25/h10-13H,3-9,19-20H2,1-2H3,(H2,21,25)(H,22,27)(H,23,26)(H,24,28)(H,29,30). The largest absolute Gasteiger partial charge is 0.480 e. The second kappa shape index (κ2) is 15.4. The van der Waals surface area contributed by atoms with E-state index in [-0.39, 0.29) is 6.42 Å². The quantitative estimate of drug-likeness (QED) is 0.122. The SMILES string of the molecule is CSCCC(N)C(=O)NC(C)C(=O)NC(CCCCN)C(=O)NC(CC(N)=O)C(=O)O. The summed E-state index contributed by atoms with van der Waals surface area (Å²) >= 11 is 1.54. The Balaban J connectivity index is 5.08. The van der Waals surface area contributed by atoms with E-state index in [2.05, 4.69) is 16.0 Å². The number of nitrogens with one attached hydrogen (secondary N) is 3. The molecule has 4 amide bonds. The highest BCUT2D eigenvalue weighted by molar-refractivity contribution is 7.98. The summed E-state index contributed by atoms with van der Waals surface area (Å²) in [5.74, 6) is -3.55. The van der Waals surface area contributed by atoms with E-state index in [9.17, 15) is 24.0 Å². The average molecular weight is 463 g/mol. The van der Waals surface area contributed by atoms with Gasteiger partial charge in [0.25, 0.3) is 0 Å². The van der Waals surface area contributed by atoms with Crippen molar-refractivity contribution in [2.45, 2.75) is 63.2 Å². The lowest BCUT2D eigenvalue weighted by Gasteiger charge is -2.23. The Kier molecular flexibility index (Phi) is 14.2. The molecule has 10 N–H and O–H groups in total. The fraction of sp³-hybridized carbons (Fsp3) is 0.722. The minimum atomic E-state index is -1.52. The van der Waals surface area contributed by atoms with Gasteiger partial charge in [-0.05, 0) is 51.2 Å². The monoisotopic (exact) mass is 462 g/mol. The molecule has 4 unspecified atom stereocenters. The molecule has 0 aromatic heterocycles. The van der Waals surface area contributed by atoms with Gasteiger partial charge < -0.3 is 38.3 Å². The van der Waals surface area contributed by atoms with Crippen LogP contribution in [0.5, 0.6) is 0 Å². The van der Waals surface area contributed by atoms with Gasteiger partial charge in [-0.1, -0.05) is 0 Å². The molecule has 0 spiro atoms. The van der Waals surface area contributed by atoms with Gasteiger partial charge in [-0.2, -0.15) is 11.8 Å². The highest BCUT2D eigenvalue weighted by Crippen LogP contribution is 2.04. The number of amides is 4. The van der Waals surface area contributed by atoms with Gasteiger partial charge >= 0.3 is 5.97 Å². The normalized spacial score (nSPS) is 14.6. The molecule has 4 atom stereocenters. The van der Waals surface area contributed by atoms with Crippen molar-refractivity contribution in [3.8, 4) is 0 Å². The Morgan fingerprint density at radius 3 is 2.06 bits per heavy atom. The van der Waals surface area contributed by atoms with Gasteiger partial charge in [0.15, 0.2) is 0 Å². The van der Waals surface area contributed by atoms with E-state index in [1.165, 1.54) is 6.92 Å². The molecule has 0 saturated carbocycles. The molecule has 12 nitrogen and oxygen atoms in total. The summed E-state index contributed by atoms with van der Waals surface area (Å²) in [5.41, 5.74) is 16.2. The minimum absolute atomic E-state index is 0.186. The number of nitrogens with two attached hydrogens (primary N) is 3. The van der Waals surface area contributed by atoms with Crippen LogP contribution in [0.1, 0.15) is 39.0 Å². The van der Waals surface area contributed by atoms with Gasteiger partial charge in [-0.3, -0.25) is 19.2 Å². The first-order chi connectivity index (χ1) is 14.5. The lowest BCUT2D eigenvalue weighted by atomic mass is 10.1. The van der Waals surface area contributed by atoms with Crippen LogP contribution >= 0.6 is 11.8 Å². The van der Waals surface area contributed by atoms with Crippen LogP contribution in [0.15, 0.2) is 0 Å². The second-order valence-electron chi connectivity index (χ2n) is 7.03. The number of unbranched alkanes of at least 4 members (excludes halogenated alkanes) is 1. The molecule has 0 aliphatic rings. The second-order valence-corrected chi connectivity index (χ2v) is 8.02. The van der Waals surface area contributed by atoms with E-state index < -0.39 is 60.2 Å². The summed E-state index contributed by atoms with van der Waals surface area (Å²) < 4.78 is 0. The van der Waals surface area contributed by atoms with Crippen LogP contribution < -0.4 is 33.2 Å². The van der Waals surface area contributed by atoms with Gasteiger partial charge in [0.05, 0.1) is 12.5 Å². The zero-order valence-corrected chi connectivity index (χ0v) is 18.7. The number of thioether (sulfide) groups is 1. The van der Waals surface area contributed by atoms with Crippen molar-refractivity contribution in [1.82, 2.24) is 16.0 Å². The predicted octanol–water partition coefficient (Wildman–Crippen LogP) is -2.37. The first-order valence-corrected chi connectivity index (χ1v) is 11.3. The number of aliphatic carboxylic acids is 1. The van der Waals surface area contributed by atoms with E-state index in [4.69, 9.17) is 22.3 Å². The summed E-state index contributed by atoms with van der Waals surface area (Å²) in [7, 11) is 0. The molecule has 0 aliphatic heterocycles. The fourth-order valence-corrected chi connectivity index (χ4v) is 2.98. The maximum absolute atomic E-state index is 12.6. The molecular weight excluding hydrogens is 428 g/mol. The molecule has 13 heteroatoms. The van der Waals surface area contributed by atoms with E-state index in [0.29, 0.717) is 31.6 Å². The number of carbonyl (C=O) groups is 5. The third-order valence-electron chi connectivity index (χ3n) is 4.32. The molecule has 0 aromatic carbocycles. The molecule has 0 saturated heterocycles. The van der Waals surface area contributed by atoms with Crippen molar-refractivity contribution in [3.05, 3.63) is 0 Å². The first kappa shape index (κ1) is 28.6. The summed E-state index contributed by atoms with van der Waals surface area (Å²) in [6.45, 7) is 1.82. The van der Waals surface area contributed by atoms with Crippen molar-refractivity contribution >= 4 is 41.4 Å². The molecule has 31 heavy (non-hydrogen) atoms. The van der Waals surface area contributed by atoms with E-state index in [0.717, 1.165) is 0 Å². The summed E-state index contributed by atoms with van der Waals surface area (Å²) in [4.78, 5) is 59.4. The van der Waals surface area contributed by atoms with Crippen LogP contribution in [-0.4, -0.2) is 77.4 Å². The molecule has 0 aliphatic carbocycles. The van der Waals surface area contributed by atoms with Gasteiger partial charge in [0.1, 0.15) is 18.1 Å². The van der Waals surface area contributed by atoms with Crippen LogP contribution in [0.25, 0.3) is 0 Å². The highest BCUT2D eigenvalue weighted by Gasteiger charge is 2.29. The average Bonchev–Trinajstić information content (AvgIpc) is 2.69. The number of hydrogen-bond donors (Lipinski definition) is 7. The lowest BCUT2D eigenvalue weighted by Crippen LogP contribution is -2.56. The van der Waals surface area contributed by atoms with Gasteiger partial charge in [-0.25, -0.2) is 4.79 Å². The third-order valence-corrected chi connectivity index (χ3v) is 4.97. The Morgan fingerprint density at radius 2 is 1.55 bits per heavy atom. The zero-order chi connectivity index (χ0) is 24.0. The van der Waals surface area contributed by atoms with Crippen LogP contribution in [0.3, 0.4) is 0 Å². The topological polar surface area (TPSA) is 220 Å². The lowest BCUT2D eigenvalue weighted by molar-refractivity contribution is -0.143. The summed E-state index contributed by atoms with van der Waals surface area (Å²) in [6, 6.07) is -4.35. The van der Waals surface area contributed by atoms with Crippen molar-refractivity contribution in [2.75, 3.05) is 18.6 Å². The molecular formula is C18H34N6O6S. The van der Waals surface area contributed by atoms with Gasteiger partial charge in [0, 0.05) is 0 Å². The number of carbonyl (C=O) groups excluding carboxylic acids is 4. The Morgan fingerprint density at radius 1 is 0.935 bits per heavy atom. The van der Waals surface area contributed by atoms with Crippen LogP contribution in [0, 0.1) is 0 Å². The van der Waals surface area contributed by atoms with E-state index in [1.54, 1.807) is 11.8 Å². The maximum atomic E-state index is 12.6. The Labute approximate surface area is 185 Å². The maximum Gasteiger partial charge on any atom is 0.326 e. The van der Waals surface area contributed by atoms with Crippen LogP contribution in [0.4, 0.5) is 0 Å².